The molecule has 4 heteroatoms. The lowest BCUT2D eigenvalue weighted by Gasteiger charge is -2.10. The van der Waals surface area contributed by atoms with Gasteiger partial charge >= 0.3 is 5.97 Å². The summed E-state index contributed by atoms with van der Waals surface area (Å²) in [5, 5.41) is 1.07. The van der Waals surface area contributed by atoms with Gasteiger partial charge in [-0.1, -0.05) is 18.2 Å². The van der Waals surface area contributed by atoms with Crippen LogP contribution in [0.3, 0.4) is 0 Å². The number of nitrogens with two attached hydrogens (primary N) is 1. The smallest absolute Gasteiger partial charge is 0.323 e. The maximum Gasteiger partial charge on any atom is 0.323 e. The van der Waals surface area contributed by atoms with Crippen LogP contribution >= 0.6 is 0 Å². The van der Waals surface area contributed by atoms with Crippen LogP contribution in [0.1, 0.15) is 12.5 Å². The van der Waals surface area contributed by atoms with Gasteiger partial charge in [-0.2, -0.15) is 0 Å². The van der Waals surface area contributed by atoms with Crippen molar-refractivity contribution in [1.82, 2.24) is 4.98 Å². The molecule has 0 unspecified atom stereocenters. The topological polar surface area (TPSA) is 65.2 Å². The highest BCUT2D eigenvalue weighted by atomic mass is 16.5. The average Bonchev–Trinajstić information content (AvgIpc) is 2.39. The summed E-state index contributed by atoms with van der Waals surface area (Å²) in [7, 11) is 0. The summed E-state index contributed by atoms with van der Waals surface area (Å²) in [6, 6.07) is 9.17. The zero-order chi connectivity index (χ0) is 13.0. The normalized spacial score (nSPS) is 12.3. The average molecular weight is 244 g/mol. The Kier molecular flexibility index (Phi) is 3.89. The molecule has 0 spiro atoms. The van der Waals surface area contributed by atoms with Crippen LogP contribution in [-0.4, -0.2) is 23.6 Å². The second kappa shape index (κ2) is 5.60. The molecule has 2 rings (SSSR count). The number of hydrogen-bond acceptors (Lipinski definition) is 4. The minimum atomic E-state index is -0.619. The summed E-state index contributed by atoms with van der Waals surface area (Å²) in [6.45, 7) is 2.12. The van der Waals surface area contributed by atoms with Crippen LogP contribution in [0.4, 0.5) is 0 Å². The van der Waals surface area contributed by atoms with Gasteiger partial charge in [-0.3, -0.25) is 9.78 Å². The molecule has 1 aromatic carbocycles. The van der Waals surface area contributed by atoms with Gasteiger partial charge in [0.1, 0.15) is 6.04 Å². The highest BCUT2D eigenvalue weighted by molar-refractivity contribution is 5.80. The molecule has 0 bridgehead atoms. The molecule has 2 aromatic rings. The van der Waals surface area contributed by atoms with E-state index in [1.165, 1.54) is 0 Å². The van der Waals surface area contributed by atoms with Gasteiger partial charge < -0.3 is 10.5 Å². The maximum atomic E-state index is 11.4. The zero-order valence-electron chi connectivity index (χ0n) is 10.3. The molecule has 94 valence electrons. The molecule has 1 aromatic heterocycles. The van der Waals surface area contributed by atoms with Crippen LogP contribution in [0.15, 0.2) is 36.5 Å². The Balaban J connectivity index is 2.14. The summed E-state index contributed by atoms with van der Waals surface area (Å²) in [5.74, 6) is -0.362. The van der Waals surface area contributed by atoms with E-state index in [2.05, 4.69) is 4.98 Å². The molecule has 1 atom stereocenters. The van der Waals surface area contributed by atoms with Gasteiger partial charge in [0.05, 0.1) is 12.1 Å². The van der Waals surface area contributed by atoms with E-state index in [-0.39, 0.29) is 5.97 Å². The fourth-order valence-electron chi connectivity index (χ4n) is 1.83. The molecule has 1 heterocycles. The number of rotatable bonds is 4. The molecule has 18 heavy (non-hydrogen) atoms. The maximum absolute atomic E-state index is 11.4. The highest BCUT2D eigenvalue weighted by Crippen LogP contribution is 2.14. The monoisotopic (exact) mass is 244 g/mol. The third-order valence-corrected chi connectivity index (χ3v) is 2.72. The standard InChI is InChI=1S/C14H16N2O2/c1-2-18-14(17)12(15)8-10-5-6-11-4-3-7-16-13(11)9-10/h3-7,9,12H,2,8,15H2,1H3/t12-/m1/s1. The number of benzene rings is 1. The molecule has 2 N–H and O–H groups in total. The van der Waals surface area contributed by atoms with Gasteiger partial charge in [-0.15, -0.1) is 0 Å². The second-order valence-electron chi connectivity index (χ2n) is 4.09. The Morgan fingerprint density at radius 2 is 2.28 bits per heavy atom. The lowest BCUT2D eigenvalue weighted by atomic mass is 10.0. The predicted octanol–water partition coefficient (Wildman–Crippen LogP) is 1.67. The van der Waals surface area contributed by atoms with Crippen molar-refractivity contribution in [3.05, 3.63) is 42.1 Å². The molecular weight excluding hydrogens is 228 g/mol. The lowest BCUT2D eigenvalue weighted by Crippen LogP contribution is -2.34. The fourth-order valence-corrected chi connectivity index (χ4v) is 1.83. The highest BCUT2D eigenvalue weighted by Gasteiger charge is 2.15. The summed E-state index contributed by atoms with van der Waals surface area (Å²) in [6.07, 6.45) is 2.21. The first-order chi connectivity index (χ1) is 8.70. The summed E-state index contributed by atoms with van der Waals surface area (Å²) in [4.78, 5) is 15.7. The number of nitrogens with zero attached hydrogens (tertiary/aromatic N) is 1. The van der Waals surface area contributed by atoms with Gasteiger partial charge in [0.25, 0.3) is 0 Å². The van der Waals surface area contributed by atoms with Crippen molar-refractivity contribution in [2.45, 2.75) is 19.4 Å². The number of carbonyl (C=O) groups excluding carboxylic acids is 1. The molecule has 0 aliphatic carbocycles. The van der Waals surface area contributed by atoms with Crippen molar-refractivity contribution in [2.24, 2.45) is 5.73 Å². The summed E-state index contributed by atoms with van der Waals surface area (Å²) >= 11 is 0. The Morgan fingerprint density at radius 1 is 1.44 bits per heavy atom. The zero-order valence-corrected chi connectivity index (χ0v) is 10.3. The van der Waals surface area contributed by atoms with Crippen LogP contribution in [0.2, 0.25) is 0 Å². The van der Waals surface area contributed by atoms with Crippen molar-refractivity contribution in [2.75, 3.05) is 6.61 Å². The SMILES string of the molecule is CCOC(=O)[C@H](N)Cc1ccc2cccnc2c1. The molecule has 0 fully saturated rings. The summed E-state index contributed by atoms with van der Waals surface area (Å²) < 4.78 is 4.88. The Hall–Kier alpha value is -1.94. The van der Waals surface area contributed by atoms with E-state index in [4.69, 9.17) is 10.5 Å². The third kappa shape index (κ3) is 2.84. The van der Waals surface area contributed by atoms with E-state index >= 15 is 0 Å². The van der Waals surface area contributed by atoms with E-state index in [0.29, 0.717) is 13.0 Å². The van der Waals surface area contributed by atoms with Crippen molar-refractivity contribution in [3.63, 3.8) is 0 Å². The molecule has 0 aliphatic rings. The quantitative estimate of drug-likeness (QED) is 0.831. The van der Waals surface area contributed by atoms with Crippen molar-refractivity contribution < 1.29 is 9.53 Å². The van der Waals surface area contributed by atoms with Gasteiger partial charge in [0.15, 0.2) is 0 Å². The largest absolute Gasteiger partial charge is 0.465 e. The Bertz CT molecular complexity index is 554. The predicted molar refractivity (Wildman–Crippen MR) is 70.1 cm³/mol. The molecule has 0 saturated heterocycles. The number of carbonyl (C=O) groups is 1. The van der Waals surface area contributed by atoms with Gasteiger partial charge in [-0.25, -0.2) is 0 Å². The van der Waals surface area contributed by atoms with Gasteiger partial charge in [-0.05, 0) is 31.0 Å². The van der Waals surface area contributed by atoms with Crippen LogP contribution in [0.5, 0.6) is 0 Å². The Morgan fingerprint density at radius 3 is 3.06 bits per heavy atom. The number of ether oxygens (including phenoxy) is 1. The number of pyridine rings is 1. The number of hydrogen-bond donors (Lipinski definition) is 1. The van der Waals surface area contributed by atoms with Gasteiger partial charge in [0, 0.05) is 11.6 Å². The molecule has 0 saturated carbocycles. The van der Waals surface area contributed by atoms with E-state index in [1.54, 1.807) is 13.1 Å². The van der Waals surface area contributed by atoms with Crippen molar-refractivity contribution >= 4 is 16.9 Å². The van der Waals surface area contributed by atoms with Gasteiger partial charge in [0.2, 0.25) is 0 Å². The number of aromatic nitrogens is 1. The first-order valence-corrected chi connectivity index (χ1v) is 5.96. The van der Waals surface area contributed by atoms with E-state index in [1.807, 2.05) is 30.3 Å². The first kappa shape index (κ1) is 12.5. The summed E-state index contributed by atoms with van der Waals surface area (Å²) in [5.41, 5.74) is 7.68. The minimum absolute atomic E-state index is 0.353. The van der Waals surface area contributed by atoms with Crippen LogP contribution in [0.25, 0.3) is 10.9 Å². The Labute approximate surface area is 106 Å². The second-order valence-corrected chi connectivity index (χ2v) is 4.09. The minimum Gasteiger partial charge on any atom is -0.465 e. The first-order valence-electron chi connectivity index (χ1n) is 5.96. The van der Waals surface area contributed by atoms with E-state index < -0.39 is 6.04 Å². The fraction of sp³-hybridized carbons (Fsp3) is 0.286. The van der Waals surface area contributed by atoms with Crippen LogP contribution < -0.4 is 5.73 Å². The molecular formula is C14H16N2O2. The molecule has 0 aliphatic heterocycles. The third-order valence-electron chi connectivity index (χ3n) is 2.72. The van der Waals surface area contributed by atoms with Crippen molar-refractivity contribution in [1.29, 1.82) is 0 Å². The van der Waals surface area contributed by atoms with Crippen LogP contribution in [-0.2, 0) is 16.0 Å². The van der Waals surface area contributed by atoms with Crippen LogP contribution in [0, 0.1) is 0 Å². The number of esters is 1. The lowest BCUT2D eigenvalue weighted by molar-refractivity contribution is -0.144. The van der Waals surface area contributed by atoms with Crippen molar-refractivity contribution in [3.8, 4) is 0 Å². The number of fused-ring (bicyclic) bond motifs is 1. The van der Waals surface area contributed by atoms with E-state index in [0.717, 1.165) is 16.5 Å². The van der Waals surface area contributed by atoms with E-state index in [9.17, 15) is 4.79 Å². The molecule has 0 radical (unpaired) electrons. The molecule has 0 amide bonds. The molecule has 4 nitrogen and oxygen atoms in total.